The highest BCUT2D eigenvalue weighted by molar-refractivity contribution is 5.84. The lowest BCUT2D eigenvalue weighted by molar-refractivity contribution is -0.140. The standard InChI is InChI=1S/C24H30N4O2/c29-23(26-18-19-7-6-12-25-17-19)21-10-15-28(16-11-21)24(30)22(27-13-4-5-14-27)20-8-2-1-3-9-20/h1-3,6-9,12,17,21-22H,4-5,10-11,13-16,18H2,(H,26,29)/t22-/m1/s1. The molecule has 2 saturated heterocycles. The van der Waals surface area contributed by atoms with Gasteiger partial charge in [0.1, 0.15) is 6.04 Å². The van der Waals surface area contributed by atoms with Crippen LogP contribution >= 0.6 is 0 Å². The maximum Gasteiger partial charge on any atom is 0.244 e. The molecule has 0 unspecified atom stereocenters. The molecule has 1 aromatic heterocycles. The molecule has 1 N–H and O–H groups in total. The second-order valence-electron chi connectivity index (χ2n) is 8.23. The molecule has 0 radical (unpaired) electrons. The third-order valence-corrected chi connectivity index (χ3v) is 6.22. The molecule has 2 aliphatic rings. The first-order chi connectivity index (χ1) is 14.7. The Kier molecular flexibility index (Phi) is 6.74. The smallest absolute Gasteiger partial charge is 0.244 e. The minimum absolute atomic E-state index is 0.0346. The van der Waals surface area contributed by atoms with Crippen LogP contribution < -0.4 is 5.32 Å². The number of carbonyl (C=O) groups excluding carboxylic acids is 2. The number of pyridine rings is 1. The molecule has 30 heavy (non-hydrogen) atoms. The van der Waals surface area contributed by atoms with Gasteiger partial charge in [-0.1, -0.05) is 36.4 Å². The van der Waals surface area contributed by atoms with E-state index in [1.165, 1.54) is 0 Å². The zero-order valence-corrected chi connectivity index (χ0v) is 17.4. The number of nitrogens with one attached hydrogen (secondary N) is 1. The van der Waals surface area contributed by atoms with E-state index in [1.807, 2.05) is 35.2 Å². The average Bonchev–Trinajstić information content (AvgIpc) is 3.33. The molecule has 2 fully saturated rings. The van der Waals surface area contributed by atoms with Gasteiger partial charge < -0.3 is 10.2 Å². The third-order valence-electron chi connectivity index (χ3n) is 6.22. The Morgan fingerprint density at radius 3 is 2.40 bits per heavy atom. The van der Waals surface area contributed by atoms with Gasteiger partial charge in [0.05, 0.1) is 0 Å². The van der Waals surface area contributed by atoms with E-state index in [9.17, 15) is 9.59 Å². The van der Waals surface area contributed by atoms with Crippen LogP contribution in [0.5, 0.6) is 0 Å². The number of hydrogen-bond acceptors (Lipinski definition) is 4. The summed E-state index contributed by atoms with van der Waals surface area (Å²) >= 11 is 0. The van der Waals surface area contributed by atoms with E-state index < -0.39 is 0 Å². The Morgan fingerprint density at radius 2 is 1.73 bits per heavy atom. The number of amides is 2. The number of aromatic nitrogens is 1. The van der Waals surface area contributed by atoms with Crippen LogP contribution in [0.25, 0.3) is 0 Å². The summed E-state index contributed by atoms with van der Waals surface area (Å²) in [5.74, 6) is 0.218. The van der Waals surface area contributed by atoms with Crippen molar-refractivity contribution in [1.82, 2.24) is 20.1 Å². The summed E-state index contributed by atoms with van der Waals surface area (Å²) in [5, 5.41) is 3.02. The van der Waals surface area contributed by atoms with E-state index >= 15 is 0 Å². The van der Waals surface area contributed by atoms with Crippen molar-refractivity contribution in [2.75, 3.05) is 26.2 Å². The lowest BCUT2D eigenvalue weighted by Gasteiger charge is -2.36. The number of carbonyl (C=O) groups is 2. The van der Waals surface area contributed by atoms with Gasteiger partial charge in [0.2, 0.25) is 11.8 Å². The van der Waals surface area contributed by atoms with Gasteiger partial charge >= 0.3 is 0 Å². The predicted molar refractivity (Wildman–Crippen MR) is 115 cm³/mol. The van der Waals surface area contributed by atoms with Gasteiger partial charge in [0.25, 0.3) is 0 Å². The maximum atomic E-state index is 13.4. The van der Waals surface area contributed by atoms with Crippen molar-refractivity contribution in [3.63, 3.8) is 0 Å². The second-order valence-corrected chi connectivity index (χ2v) is 8.23. The van der Waals surface area contributed by atoms with Crippen LogP contribution in [-0.2, 0) is 16.1 Å². The van der Waals surface area contributed by atoms with Gasteiger partial charge in [-0.2, -0.15) is 0 Å². The Balaban J connectivity index is 1.34. The highest BCUT2D eigenvalue weighted by Gasteiger charge is 2.35. The van der Waals surface area contributed by atoms with Gasteiger partial charge in [-0.25, -0.2) is 0 Å². The van der Waals surface area contributed by atoms with Gasteiger partial charge in [0.15, 0.2) is 0 Å². The summed E-state index contributed by atoms with van der Waals surface area (Å²) < 4.78 is 0. The Bertz CT molecular complexity index is 829. The SMILES string of the molecule is O=C(NCc1cccnc1)C1CCN(C(=O)[C@@H](c2ccccc2)N2CCCC2)CC1. The van der Waals surface area contributed by atoms with Crippen LogP contribution in [-0.4, -0.2) is 52.8 Å². The van der Waals surface area contributed by atoms with Crippen molar-refractivity contribution >= 4 is 11.8 Å². The number of rotatable bonds is 6. The molecule has 0 bridgehead atoms. The van der Waals surface area contributed by atoms with Crippen LogP contribution in [0.2, 0.25) is 0 Å². The topological polar surface area (TPSA) is 65.5 Å². The minimum atomic E-state index is -0.204. The summed E-state index contributed by atoms with van der Waals surface area (Å²) in [7, 11) is 0. The van der Waals surface area contributed by atoms with E-state index in [0.717, 1.165) is 37.1 Å². The van der Waals surface area contributed by atoms with E-state index in [4.69, 9.17) is 0 Å². The third kappa shape index (κ3) is 4.87. The first-order valence-electron chi connectivity index (χ1n) is 11.0. The van der Waals surface area contributed by atoms with Crippen LogP contribution in [0, 0.1) is 5.92 Å². The van der Waals surface area contributed by atoms with Crippen molar-refractivity contribution in [3.05, 3.63) is 66.0 Å². The van der Waals surface area contributed by atoms with Gasteiger partial charge in [0, 0.05) is 37.9 Å². The van der Waals surface area contributed by atoms with Gasteiger partial charge in [-0.15, -0.1) is 0 Å². The molecule has 3 heterocycles. The summed E-state index contributed by atoms with van der Waals surface area (Å²) in [4.78, 5) is 34.4. The number of piperidine rings is 1. The fraction of sp³-hybridized carbons (Fsp3) is 0.458. The van der Waals surface area contributed by atoms with Crippen LogP contribution in [0.4, 0.5) is 0 Å². The molecule has 2 aliphatic heterocycles. The van der Waals surface area contributed by atoms with E-state index in [2.05, 4.69) is 27.3 Å². The zero-order chi connectivity index (χ0) is 20.8. The Hall–Kier alpha value is -2.73. The van der Waals surface area contributed by atoms with Gasteiger partial charge in [-0.05, 0) is 56.0 Å². The highest BCUT2D eigenvalue weighted by atomic mass is 16.2. The normalized spacial score (nSPS) is 18.9. The Morgan fingerprint density at radius 1 is 1.00 bits per heavy atom. The fourth-order valence-corrected chi connectivity index (χ4v) is 4.52. The largest absolute Gasteiger partial charge is 0.352 e. The monoisotopic (exact) mass is 406 g/mol. The van der Waals surface area contributed by atoms with Gasteiger partial charge in [-0.3, -0.25) is 19.5 Å². The van der Waals surface area contributed by atoms with Crippen LogP contribution in [0.15, 0.2) is 54.9 Å². The number of benzene rings is 1. The second kappa shape index (κ2) is 9.85. The molecule has 1 aromatic carbocycles. The Labute approximate surface area is 178 Å². The fourth-order valence-electron chi connectivity index (χ4n) is 4.52. The highest BCUT2D eigenvalue weighted by Crippen LogP contribution is 2.29. The van der Waals surface area contributed by atoms with E-state index in [1.54, 1.807) is 12.4 Å². The molecule has 4 rings (SSSR count). The van der Waals surface area contributed by atoms with Crippen molar-refractivity contribution in [3.8, 4) is 0 Å². The zero-order valence-electron chi connectivity index (χ0n) is 17.4. The molecule has 1 atom stereocenters. The molecular weight excluding hydrogens is 376 g/mol. The summed E-state index contributed by atoms with van der Waals surface area (Å²) in [5.41, 5.74) is 2.07. The maximum absolute atomic E-state index is 13.4. The molecule has 158 valence electrons. The molecule has 2 aromatic rings. The predicted octanol–water partition coefficient (Wildman–Crippen LogP) is 2.77. The quantitative estimate of drug-likeness (QED) is 0.801. The number of hydrogen-bond donors (Lipinski definition) is 1. The first kappa shape index (κ1) is 20.5. The van der Waals surface area contributed by atoms with Crippen molar-refractivity contribution in [2.45, 2.75) is 38.3 Å². The molecule has 0 saturated carbocycles. The average molecular weight is 407 g/mol. The number of likely N-dealkylation sites (tertiary alicyclic amines) is 2. The van der Waals surface area contributed by atoms with Crippen LogP contribution in [0.3, 0.4) is 0 Å². The van der Waals surface area contributed by atoms with Crippen molar-refractivity contribution in [1.29, 1.82) is 0 Å². The van der Waals surface area contributed by atoms with Crippen molar-refractivity contribution in [2.24, 2.45) is 5.92 Å². The lowest BCUT2D eigenvalue weighted by Crippen LogP contribution is -2.47. The lowest BCUT2D eigenvalue weighted by atomic mass is 9.94. The molecule has 6 nitrogen and oxygen atoms in total. The first-order valence-corrected chi connectivity index (χ1v) is 11.0. The molecule has 0 spiro atoms. The van der Waals surface area contributed by atoms with Crippen molar-refractivity contribution < 1.29 is 9.59 Å². The minimum Gasteiger partial charge on any atom is -0.352 e. The van der Waals surface area contributed by atoms with E-state index in [-0.39, 0.29) is 23.8 Å². The summed E-state index contributed by atoms with van der Waals surface area (Å²) in [6.07, 6.45) is 7.22. The summed E-state index contributed by atoms with van der Waals surface area (Å²) in [6, 6.07) is 13.7. The van der Waals surface area contributed by atoms with E-state index in [0.29, 0.717) is 32.5 Å². The number of nitrogens with zero attached hydrogens (tertiary/aromatic N) is 3. The molecule has 0 aliphatic carbocycles. The molecule has 2 amide bonds. The summed E-state index contributed by atoms with van der Waals surface area (Å²) in [6.45, 7) is 3.72. The molecule has 6 heteroatoms. The van der Waals surface area contributed by atoms with Crippen LogP contribution in [0.1, 0.15) is 42.9 Å². The molecular formula is C24H30N4O2.